The van der Waals surface area contributed by atoms with E-state index in [2.05, 4.69) is 18.2 Å². The van der Waals surface area contributed by atoms with Crippen molar-refractivity contribution in [3.8, 4) is 51.7 Å². The van der Waals surface area contributed by atoms with Gasteiger partial charge in [-0.25, -0.2) is 0 Å². The zero-order chi connectivity index (χ0) is 50.2. The average molecular weight is 949 g/mol. The van der Waals surface area contributed by atoms with E-state index in [1.165, 1.54) is 0 Å². The van der Waals surface area contributed by atoms with E-state index >= 15 is 0 Å². The van der Waals surface area contributed by atoms with E-state index in [4.69, 9.17) is 0 Å². The lowest BCUT2D eigenvalue weighted by Gasteiger charge is -2.43. The summed E-state index contributed by atoms with van der Waals surface area (Å²) in [6.45, 7) is 0. The summed E-state index contributed by atoms with van der Waals surface area (Å²) in [5, 5.41) is 98.2. The summed E-state index contributed by atoms with van der Waals surface area (Å²) >= 11 is 0. The molecule has 0 saturated carbocycles. The number of phenols is 9. The van der Waals surface area contributed by atoms with Gasteiger partial charge in [0.05, 0.1) is 16.2 Å². The Morgan fingerprint density at radius 3 is 0.333 bits per heavy atom. The first-order valence-electron chi connectivity index (χ1n) is 23.1. The first kappa shape index (κ1) is 46.1. The van der Waals surface area contributed by atoms with Crippen LogP contribution in [-0.2, 0) is 16.2 Å². The van der Waals surface area contributed by atoms with Crippen LogP contribution < -0.4 is 0 Å². The van der Waals surface area contributed by atoms with Crippen LogP contribution in [0.3, 0.4) is 0 Å². The number of phenolic OH excluding ortho intramolecular Hbond substituents is 9. The van der Waals surface area contributed by atoms with E-state index in [1.807, 2.05) is 109 Å². The molecule has 0 aliphatic rings. The van der Waals surface area contributed by atoms with E-state index in [0.29, 0.717) is 66.8 Å². The Morgan fingerprint density at radius 1 is 0.139 bits per heavy atom. The predicted molar refractivity (Wildman–Crippen MR) is 276 cm³/mol. The summed E-state index contributed by atoms with van der Waals surface area (Å²) in [7, 11) is 0. The van der Waals surface area contributed by atoms with Gasteiger partial charge in [0.25, 0.3) is 0 Å². The Hall–Kier alpha value is -9.60. The maximum Gasteiger partial charge on any atom is 0.115 e. The van der Waals surface area contributed by atoms with Crippen molar-refractivity contribution >= 4 is 0 Å². The molecule has 0 aliphatic carbocycles. The van der Waals surface area contributed by atoms with E-state index in [0.717, 1.165) is 0 Å². The smallest absolute Gasteiger partial charge is 0.115 e. The highest BCUT2D eigenvalue weighted by Gasteiger charge is 2.47. The highest BCUT2D eigenvalue weighted by atomic mass is 16.3. The fourth-order valence-corrected chi connectivity index (χ4v) is 10.7. The monoisotopic (exact) mass is 948 g/mol. The second kappa shape index (κ2) is 18.4. The summed E-state index contributed by atoms with van der Waals surface area (Å²) in [4.78, 5) is 0. The third-order valence-corrected chi connectivity index (χ3v) is 13.9. The van der Waals surface area contributed by atoms with Crippen LogP contribution in [0.5, 0.6) is 51.7 Å². The van der Waals surface area contributed by atoms with Gasteiger partial charge in [-0.2, -0.15) is 0 Å². The maximum atomic E-state index is 10.9. The molecule has 354 valence electrons. The van der Waals surface area contributed by atoms with Crippen LogP contribution in [-0.4, -0.2) is 46.0 Å². The summed E-state index contributed by atoms with van der Waals surface area (Å²) in [6, 6.07) is 68.3. The van der Waals surface area contributed by atoms with Gasteiger partial charge in [-0.1, -0.05) is 127 Å². The number of hydrogen-bond donors (Lipinski definition) is 9. The molecule has 9 heteroatoms. The summed E-state index contributed by atoms with van der Waals surface area (Å²) in [5.74, 6) is 0.213. The first-order valence-corrected chi connectivity index (χ1v) is 23.1. The van der Waals surface area contributed by atoms with Crippen molar-refractivity contribution < 1.29 is 46.0 Å². The van der Waals surface area contributed by atoms with Gasteiger partial charge in [-0.05, 0) is 176 Å². The molecule has 10 aromatic carbocycles. The second-order valence-electron chi connectivity index (χ2n) is 18.0. The quantitative estimate of drug-likeness (QED) is 0.0538. The van der Waals surface area contributed by atoms with Crippen LogP contribution in [0.25, 0.3) is 0 Å². The molecule has 0 unspecified atom stereocenters. The van der Waals surface area contributed by atoms with Gasteiger partial charge in [0.1, 0.15) is 51.7 Å². The molecule has 0 amide bonds. The third-order valence-electron chi connectivity index (χ3n) is 13.9. The topological polar surface area (TPSA) is 182 Å². The molecule has 0 aliphatic heterocycles. The molecule has 0 radical (unpaired) electrons. The molecule has 10 aromatic rings. The highest BCUT2D eigenvalue weighted by molar-refractivity contribution is 5.70. The molecule has 0 aromatic heterocycles. The molecule has 9 nitrogen and oxygen atoms in total. The Bertz CT molecular complexity index is 2760. The van der Waals surface area contributed by atoms with Crippen molar-refractivity contribution in [2.75, 3.05) is 0 Å². The minimum absolute atomic E-state index is 0.0236. The first-order chi connectivity index (χ1) is 34.8. The van der Waals surface area contributed by atoms with Crippen molar-refractivity contribution in [1.29, 1.82) is 0 Å². The lowest BCUT2D eigenvalue weighted by atomic mass is 9.58. The van der Waals surface area contributed by atoms with Gasteiger partial charge in [0, 0.05) is 0 Å². The molecule has 0 saturated heterocycles. The molecule has 0 heterocycles. The fourth-order valence-electron chi connectivity index (χ4n) is 10.7. The Balaban J connectivity index is 1.50. The molecule has 0 fully saturated rings. The van der Waals surface area contributed by atoms with Crippen LogP contribution in [0.2, 0.25) is 0 Å². The van der Waals surface area contributed by atoms with Gasteiger partial charge in [-0.3, -0.25) is 0 Å². The SMILES string of the molecule is Oc1ccc(C(c2ccc(O)cc2)(c2ccc(O)cc2)c2cc(C(c3ccc(O)cc3)(c3ccc(O)cc3)c3ccc(O)cc3)cc(C(c3ccc(O)cc3)(c3ccc(O)cc3)c3ccc(O)cc3)c2)cc1. The standard InChI is InChI=1S/C63H48O9/c64-52-19-1-40(2-20-52)61(41-3-21-53(65)22-4-41,42-5-23-54(66)24-6-42)49-37-50(62(43-7-25-55(67)26-8-43,44-9-27-56(68)28-10-44)45-11-29-57(69)30-12-45)39-51(38-49)63(46-13-31-58(70)32-14-46,47-15-33-59(71)34-16-47)48-17-35-60(72)36-18-48/h1-39,64-72H. The lowest BCUT2D eigenvalue weighted by Crippen LogP contribution is -2.37. The molecule has 9 N–H and O–H groups in total. The van der Waals surface area contributed by atoms with Gasteiger partial charge in [-0.15, -0.1) is 0 Å². The lowest BCUT2D eigenvalue weighted by molar-refractivity contribution is 0.473. The van der Waals surface area contributed by atoms with Crippen LogP contribution >= 0.6 is 0 Å². The van der Waals surface area contributed by atoms with Crippen LogP contribution in [0.4, 0.5) is 0 Å². The molecule has 72 heavy (non-hydrogen) atoms. The Morgan fingerprint density at radius 2 is 0.236 bits per heavy atom. The molecule has 0 atom stereocenters. The van der Waals surface area contributed by atoms with E-state index < -0.39 is 16.2 Å². The third kappa shape index (κ3) is 7.89. The zero-order valence-electron chi connectivity index (χ0n) is 38.5. The van der Waals surface area contributed by atoms with Crippen molar-refractivity contribution in [1.82, 2.24) is 0 Å². The molecule has 0 spiro atoms. The minimum atomic E-state index is -1.35. The highest BCUT2D eigenvalue weighted by Crippen LogP contribution is 2.55. The number of hydrogen-bond acceptors (Lipinski definition) is 9. The fraction of sp³-hybridized carbons (Fsp3) is 0.0476. The molecule has 0 bridgehead atoms. The van der Waals surface area contributed by atoms with Crippen LogP contribution in [0.15, 0.2) is 237 Å². The molecular formula is C63H48O9. The minimum Gasteiger partial charge on any atom is -0.508 e. The van der Waals surface area contributed by atoms with Crippen molar-refractivity contribution in [3.63, 3.8) is 0 Å². The van der Waals surface area contributed by atoms with Crippen LogP contribution in [0, 0.1) is 0 Å². The second-order valence-corrected chi connectivity index (χ2v) is 18.0. The Kier molecular flexibility index (Phi) is 11.8. The van der Waals surface area contributed by atoms with Gasteiger partial charge in [0.15, 0.2) is 0 Å². The number of rotatable bonds is 12. The van der Waals surface area contributed by atoms with E-state index in [9.17, 15) is 46.0 Å². The number of benzene rings is 10. The Labute approximate surface area is 415 Å². The van der Waals surface area contributed by atoms with E-state index in [1.54, 1.807) is 109 Å². The van der Waals surface area contributed by atoms with Gasteiger partial charge in [0.2, 0.25) is 0 Å². The van der Waals surface area contributed by atoms with Gasteiger partial charge < -0.3 is 46.0 Å². The summed E-state index contributed by atoms with van der Waals surface area (Å²) in [6.07, 6.45) is 0. The van der Waals surface area contributed by atoms with E-state index in [-0.39, 0.29) is 51.7 Å². The van der Waals surface area contributed by atoms with Crippen molar-refractivity contribution in [2.24, 2.45) is 0 Å². The summed E-state index contributed by atoms with van der Waals surface area (Å²) < 4.78 is 0. The molecule has 10 rings (SSSR count). The van der Waals surface area contributed by atoms with Crippen molar-refractivity contribution in [2.45, 2.75) is 16.2 Å². The average Bonchev–Trinajstić information content (AvgIpc) is 3.39. The number of aromatic hydroxyl groups is 9. The normalized spacial score (nSPS) is 11.8. The van der Waals surface area contributed by atoms with Gasteiger partial charge >= 0.3 is 0 Å². The van der Waals surface area contributed by atoms with Crippen LogP contribution in [0.1, 0.15) is 66.8 Å². The summed E-state index contributed by atoms with van der Waals surface area (Å²) in [5.41, 5.74) is 4.10. The largest absolute Gasteiger partial charge is 0.508 e. The molecular weight excluding hydrogens is 901 g/mol. The zero-order valence-corrected chi connectivity index (χ0v) is 38.5. The van der Waals surface area contributed by atoms with Crippen molar-refractivity contribution in [3.05, 3.63) is 303 Å². The predicted octanol–water partition coefficient (Wildman–Crippen LogP) is 12.2. The maximum absolute atomic E-state index is 10.9.